The molecule has 1 aromatic carbocycles. The van der Waals surface area contributed by atoms with Gasteiger partial charge < -0.3 is 10.0 Å². The fourth-order valence-electron chi connectivity index (χ4n) is 4.05. The highest BCUT2D eigenvalue weighted by Gasteiger charge is 2.46. The van der Waals surface area contributed by atoms with Crippen LogP contribution in [0.25, 0.3) is 5.69 Å². The lowest BCUT2D eigenvalue weighted by molar-refractivity contribution is -0.151. The third-order valence-electron chi connectivity index (χ3n) is 5.77. The molecule has 0 unspecified atom stereocenters. The van der Waals surface area contributed by atoms with Crippen LogP contribution in [0.5, 0.6) is 0 Å². The van der Waals surface area contributed by atoms with Crippen LogP contribution in [0.4, 0.5) is 0 Å². The highest BCUT2D eigenvalue weighted by Crippen LogP contribution is 2.34. The second-order valence-electron chi connectivity index (χ2n) is 7.87. The molecule has 0 atom stereocenters. The molecule has 28 heavy (non-hydrogen) atoms. The van der Waals surface area contributed by atoms with Gasteiger partial charge >= 0.3 is 5.97 Å². The number of carbonyl (C=O) groups is 2. The highest BCUT2D eigenvalue weighted by atomic mass is 16.4. The van der Waals surface area contributed by atoms with Crippen LogP contribution in [-0.2, 0) is 4.79 Å². The summed E-state index contributed by atoms with van der Waals surface area (Å²) < 4.78 is 1.67. The van der Waals surface area contributed by atoms with Crippen LogP contribution in [-0.4, -0.2) is 49.2 Å². The van der Waals surface area contributed by atoms with E-state index in [0.29, 0.717) is 24.6 Å². The van der Waals surface area contributed by atoms with Crippen molar-refractivity contribution in [3.8, 4) is 5.69 Å². The summed E-state index contributed by atoms with van der Waals surface area (Å²) in [6.07, 6.45) is 3.51. The number of benzene rings is 1. The van der Waals surface area contributed by atoms with Gasteiger partial charge in [0.2, 0.25) is 5.82 Å². The summed E-state index contributed by atoms with van der Waals surface area (Å²) in [7, 11) is 1.56. The minimum atomic E-state index is -1.18. The average Bonchev–Trinajstić information content (AvgIpc) is 3.08. The first-order valence-electron chi connectivity index (χ1n) is 9.82. The summed E-state index contributed by atoms with van der Waals surface area (Å²) in [6, 6.07) is 7.90. The van der Waals surface area contributed by atoms with Crippen molar-refractivity contribution in [1.29, 1.82) is 0 Å². The molecule has 1 N–H and O–H groups in total. The summed E-state index contributed by atoms with van der Waals surface area (Å²) >= 11 is 0. The van der Waals surface area contributed by atoms with E-state index in [1.165, 1.54) is 4.90 Å². The first-order chi connectivity index (χ1) is 13.3. The molecule has 7 nitrogen and oxygen atoms in total. The van der Waals surface area contributed by atoms with Gasteiger partial charge in [0.05, 0.1) is 5.69 Å². The number of hydrogen-bond donors (Lipinski definition) is 1. The zero-order chi connectivity index (χ0) is 20.5. The molecular weight excluding hydrogens is 356 g/mol. The number of rotatable bonds is 5. The largest absolute Gasteiger partial charge is 0.479 e. The molecule has 0 saturated heterocycles. The predicted molar refractivity (Wildman–Crippen MR) is 106 cm³/mol. The van der Waals surface area contributed by atoms with Gasteiger partial charge in [-0.05, 0) is 37.3 Å². The summed E-state index contributed by atoms with van der Waals surface area (Å²) in [6.45, 7) is 6.00. The van der Waals surface area contributed by atoms with Gasteiger partial charge in [0.15, 0.2) is 0 Å². The number of para-hydroxylation sites is 1. The smallest absolute Gasteiger partial charge is 0.329 e. The van der Waals surface area contributed by atoms with Crippen molar-refractivity contribution < 1.29 is 14.7 Å². The Morgan fingerprint density at radius 3 is 2.43 bits per heavy atom. The molecule has 150 valence electrons. The first kappa shape index (κ1) is 20.0. The van der Waals surface area contributed by atoms with Crippen LogP contribution >= 0.6 is 0 Å². The van der Waals surface area contributed by atoms with Crippen LogP contribution in [0.15, 0.2) is 24.3 Å². The Balaban J connectivity index is 1.97. The molecule has 1 saturated carbocycles. The molecule has 1 aliphatic rings. The van der Waals surface area contributed by atoms with E-state index in [1.54, 1.807) is 18.7 Å². The van der Waals surface area contributed by atoms with E-state index >= 15 is 0 Å². The minimum absolute atomic E-state index is 0.0322. The lowest BCUT2D eigenvalue weighted by Gasteiger charge is -2.40. The number of likely N-dealkylation sites (N-methyl/N-ethyl adjacent to an activating group) is 1. The molecular formula is C21H28N4O3. The first-order valence-corrected chi connectivity index (χ1v) is 9.82. The number of nitrogens with zero attached hydrogens (tertiary/aromatic N) is 4. The van der Waals surface area contributed by atoms with Gasteiger partial charge in [-0.15, -0.1) is 5.10 Å². The minimum Gasteiger partial charge on any atom is -0.479 e. The molecule has 0 radical (unpaired) electrons. The summed E-state index contributed by atoms with van der Waals surface area (Å²) in [4.78, 5) is 30.8. The van der Waals surface area contributed by atoms with Gasteiger partial charge in [0.1, 0.15) is 11.4 Å². The van der Waals surface area contributed by atoms with Crippen LogP contribution < -0.4 is 0 Å². The Kier molecular flexibility index (Phi) is 5.54. The van der Waals surface area contributed by atoms with Crippen LogP contribution in [0.1, 0.15) is 73.9 Å². The van der Waals surface area contributed by atoms with Crippen molar-refractivity contribution >= 4 is 11.9 Å². The van der Waals surface area contributed by atoms with E-state index in [4.69, 9.17) is 0 Å². The normalized spacial score (nSPS) is 16.2. The van der Waals surface area contributed by atoms with Gasteiger partial charge in [-0.3, -0.25) is 4.79 Å². The van der Waals surface area contributed by atoms with E-state index in [1.807, 2.05) is 24.3 Å². The Bertz CT molecular complexity index is 882. The van der Waals surface area contributed by atoms with Crippen molar-refractivity contribution in [2.45, 2.75) is 64.3 Å². The Morgan fingerprint density at radius 1 is 1.18 bits per heavy atom. The predicted octanol–water partition coefficient (Wildman–Crippen LogP) is 3.56. The number of carboxylic acids is 1. The third-order valence-corrected chi connectivity index (χ3v) is 5.77. The molecule has 3 rings (SSSR count). The molecule has 0 bridgehead atoms. The number of aliphatic carboxylic acids is 1. The summed E-state index contributed by atoms with van der Waals surface area (Å²) in [5.41, 5.74) is 0.816. The number of carbonyl (C=O) groups excluding carboxylic acids is 1. The second-order valence-corrected chi connectivity index (χ2v) is 7.87. The molecule has 2 aromatic rings. The second kappa shape index (κ2) is 7.73. The fraction of sp³-hybridized carbons (Fsp3) is 0.524. The van der Waals surface area contributed by atoms with Crippen molar-refractivity contribution in [3.05, 3.63) is 41.5 Å². The number of aryl methyl sites for hydroxylation is 1. The molecule has 7 heteroatoms. The van der Waals surface area contributed by atoms with Crippen molar-refractivity contribution in [2.75, 3.05) is 7.05 Å². The lowest BCUT2D eigenvalue weighted by Crippen LogP contribution is -2.56. The van der Waals surface area contributed by atoms with E-state index in [9.17, 15) is 14.7 Å². The summed E-state index contributed by atoms with van der Waals surface area (Å²) in [5.74, 6) is -0.487. The molecule has 1 heterocycles. The lowest BCUT2D eigenvalue weighted by atomic mass is 9.80. The van der Waals surface area contributed by atoms with E-state index in [-0.39, 0.29) is 5.82 Å². The molecule has 1 amide bonds. The fourth-order valence-corrected chi connectivity index (χ4v) is 4.05. The monoisotopic (exact) mass is 384 g/mol. The quantitative estimate of drug-likeness (QED) is 0.851. The molecule has 1 fully saturated rings. The Morgan fingerprint density at radius 2 is 1.82 bits per heavy atom. The molecule has 0 spiro atoms. The number of amides is 1. The highest BCUT2D eigenvalue weighted by molar-refractivity contribution is 5.95. The zero-order valence-electron chi connectivity index (χ0n) is 17.0. The van der Waals surface area contributed by atoms with Gasteiger partial charge in [-0.25, -0.2) is 14.5 Å². The Labute approximate surface area is 165 Å². The van der Waals surface area contributed by atoms with Gasteiger partial charge in [-0.2, -0.15) is 0 Å². The number of hydrogen-bond acceptors (Lipinski definition) is 4. The van der Waals surface area contributed by atoms with Gasteiger partial charge in [0, 0.05) is 7.05 Å². The van der Waals surface area contributed by atoms with Crippen LogP contribution in [0.2, 0.25) is 0 Å². The average molecular weight is 384 g/mol. The molecule has 0 aliphatic heterocycles. The topological polar surface area (TPSA) is 88.3 Å². The van der Waals surface area contributed by atoms with E-state index in [0.717, 1.165) is 30.5 Å². The van der Waals surface area contributed by atoms with Crippen LogP contribution in [0.3, 0.4) is 0 Å². The maximum Gasteiger partial charge on any atom is 0.329 e. The molecule has 1 aromatic heterocycles. The number of carboxylic acid groups (broad SMARTS) is 1. The Hall–Kier alpha value is -2.70. The number of aromatic nitrogens is 3. The van der Waals surface area contributed by atoms with E-state index < -0.39 is 17.4 Å². The standard InChI is InChI=1S/C21H28N4O3/c1-14(2)16-10-6-7-11-17(16)25-15(3)22-18(23-25)19(26)24(4)21(20(27)28)12-8-5-9-13-21/h6-7,10-11,14H,5,8-9,12-13H2,1-4H3,(H,27,28). The molecule has 1 aliphatic carbocycles. The van der Waals surface area contributed by atoms with Gasteiger partial charge in [0.25, 0.3) is 5.91 Å². The van der Waals surface area contributed by atoms with E-state index in [2.05, 4.69) is 23.9 Å². The van der Waals surface area contributed by atoms with Crippen LogP contribution in [0, 0.1) is 6.92 Å². The maximum atomic E-state index is 13.1. The summed E-state index contributed by atoms with van der Waals surface area (Å²) in [5, 5.41) is 14.3. The van der Waals surface area contributed by atoms with Crippen molar-refractivity contribution in [1.82, 2.24) is 19.7 Å². The van der Waals surface area contributed by atoms with Crippen molar-refractivity contribution in [3.63, 3.8) is 0 Å². The third kappa shape index (κ3) is 3.41. The SMILES string of the molecule is Cc1nc(C(=O)N(C)C2(C(=O)O)CCCCC2)nn1-c1ccccc1C(C)C. The van der Waals surface area contributed by atoms with Gasteiger partial charge in [-0.1, -0.05) is 51.3 Å². The van der Waals surface area contributed by atoms with Crippen molar-refractivity contribution in [2.24, 2.45) is 0 Å². The zero-order valence-corrected chi connectivity index (χ0v) is 17.0. The maximum absolute atomic E-state index is 13.1.